The highest BCUT2D eigenvalue weighted by Gasteiger charge is 2.15. The predicted molar refractivity (Wildman–Crippen MR) is 116 cm³/mol. The number of ether oxygens (including phenoxy) is 1. The van der Waals surface area contributed by atoms with E-state index < -0.39 is 0 Å². The number of carbonyl (C=O) groups is 3. The Morgan fingerprint density at radius 2 is 1.87 bits per heavy atom. The molecule has 0 saturated carbocycles. The summed E-state index contributed by atoms with van der Waals surface area (Å²) in [4.78, 5) is 35.5. The number of hydrogen-bond donors (Lipinski definition) is 3. The summed E-state index contributed by atoms with van der Waals surface area (Å²) in [7, 11) is 0. The molecule has 30 heavy (non-hydrogen) atoms. The third kappa shape index (κ3) is 6.07. The van der Waals surface area contributed by atoms with E-state index in [1.807, 2.05) is 32.0 Å². The largest absolute Gasteiger partial charge is 0.494 e. The second-order valence-electron chi connectivity index (χ2n) is 7.57. The van der Waals surface area contributed by atoms with Crippen molar-refractivity contribution in [3.05, 3.63) is 53.6 Å². The van der Waals surface area contributed by atoms with Crippen molar-refractivity contribution in [1.29, 1.82) is 0 Å². The Kier molecular flexibility index (Phi) is 7.06. The topological polar surface area (TPSA) is 96.5 Å². The predicted octanol–water partition coefficient (Wildman–Crippen LogP) is 3.51. The molecule has 0 aliphatic carbocycles. The van der Waals surface area contributed by atoms with Crippen LogP contribution in [-0.2, 0) is 16.0 Å². The lowest BCUT2D eigenvalue weighted by Crippen LogP contribution is -2.30. The van der Waals surface area contributed by atoms with Crippen LogP contribution in [0.5, 0.6) is 5.75 Å². The molecule has 1 heterocycles. The smallest absolute Gasteiger partial charge is 0.251 e. The molecule has 0 saturated heterocycles. The summed E-state index contributed by atoms with van der Waals surface area (Å²) in [5.41, 5.74) is 3.11. The number of nitrogens with one attached hydrogen (secondary N) is 3. The normalized spacial score (nSPS) is 12.7. The molecule has 0 aromatic heterocycles. The van der Waals surface area contributed by atoms with Crippen LogP contribution in [0.3, 0.4) is 0 Å². The van der Waals surface area contributed by atoms with Crippen LogP contribution in [0.2, 0.25) is 0 Å². The zero-order valence-corrected chi connectivity index (χ0v) is 17.3. The summed E-state index contributed by atoms with van der Waals surface area (Å²) in [6.45, 7) is 4.23. The van der Waals surface area contributed by atoms with E-state index in [0.29, 0.717) is 43.5 Å². The van der Waals surface area contributed by atoms with Crippen molar-refractivity contribution in [3.8, 4) is 5.75 Å². The molecule has 3 N–H and O–H groups in total. The minimum atomic E-state index is -0.135. The highest BCUT2D eigenvalue weighted by atomic mass is 16.5. The van der Waals surface area contributed by atoms with Crippen molar-refractivity contribution in [2.24, 2.45) is 0 Å². The molecule has 0 bridgehead atoms. The van der Waals surface area contributed by atoms with Crippen LogP contribution in [0.1, 0.15) is 49.0 Å². The number of carbonyl (C=O) groups excluding carboxylic acids is 3. The molecule has 1 aliphatic rings. The van der Waals surface area contributed by atoms with E-state index in [1.165, 1.54) is 0 Å². The molecule has 0 unspecified atom stereocenters. The first kappa shape index (κ1) is 21.4. The highest BCUT2D eigenvalue weighted by Crippen LogP contribution is 2.26. The van der Waals surface area contributed by atoms with Gasteiger partial charge in [0.2, 0.25) is 11.8 Å². The standard InChI is InChI=1S/C23H27N3O4/c1-15(2)24-23(29)16-5-8-18(9-6-16)25-21(27)4-3-13-30-19-10-11-20-17(14-19)7-12-22(28)26-20/h5-6,8-11,14-15H,3-4,7,12-13H2,1-2H3,(H,24,29)(H,25,27)(H,26,28). The maximum absolute atomic E-state index is 12.1. The maximum Gasteiger partial charge on any atom is 0.251 e. The second kappa shape index (κ2) is 9.91. The van der Waals surface area contributed by atoms with E-state index in [0.717, 1.165) is 17.0 Å². The highest BCUT2D eigenvalue weighted by molar-refractivity contribution is 5.96. The van der Waals surface area contributed by atoms with Gasteiger partial charge in [0.05, 0.1) is 6.61 Å². The third-order valence-corrected chi connectivity index (χ3v) is 4.64. The van der Waals surface area contributed by atoms with Gasteiger partial charge in [-0.05, 0) is 74.7 Å². The maximum atomic E-state index is 12.1. The lowest BCUT2D eigenvalue weighted by atomic mass is 10.0. The molecule has 2 aromatic carbocycles. The van der Waals surface area contributed by atoms with Crippen LogP contribution in [-0.4, -0.2) is 30.4 Å². The number of fused-ring (bicyclic) bond motifs is 1. The molecule has 0 fully saturated rings. The van der Waals surface area contributed by atoms with Crippen LogP contribution < -0.4 is 20.7 Å². The van der Waals surface area contributed by atoms with Crippen LogP contribution >= 0.6 is 0 Å². The molecule has 7 nitrogen and oxygen atoms in total. The van der Waals surface area contributed by atoms with Gasteiger partial charge < -0.3 is 20.7 Å². The molecule has 0 atom stereocenters. The summed E-state index contributed by atoms with van der Waals surface area (Å²) >= 11 is 0. The molecule has 0 radical (unpaired) electrons. The fraction of sp³-hybridized carbons (Fsp3) is 0.348. The zero-order valence-electron chi connectivity index (χ0n) is 17.3. The number of rotatable bonds is 8. The Hall–Kier alpha value is -3.35. The van der Waals surface area contributed by atoms with E-state index in [1.54, 1.807) is 24.3 Å². The molecular formula is C23H27N3O4. The summed E-state index contributed by atoms with van der Waals surface area (Å²) in [6, 6.07) is 12.5. The molecule has 158 valence electrons. The lowest BCUT2D eigenvalue weighted by molar-refractivity contribution is -0.117. The molecule has 3 rings (SSSR count). The SMILES string of the molecule is CC(C)NC(=O)c1ccc(NC(=O)CCCOc2ccc3c(c2)CCC(=O)N3)cc1. The monoisotopic (exact) mass is 409 g/mol. The third-order valence-electron chi connectivity index (χ3n) is 4.64. The van der Waals surface area contributed by atoms with E-state index >= 15 is 0 Å². The van der Waals surface area contributed by atoms with Crippen molar-refractivity contribution < 1.29 is 19.1 Å². The second-order valence-corrected chi connectivity index (χ2v) is 7.57. The average Bonchev–Trinajstić information content (AvgIpc) is 2.71. The first-order valence-corrected chi connectivity index (χ1v) is 10.2. The molecular weight excluding hydrogens is 382 g/mol. The van der Waals surface area contributed by atoms with Gasteiger partial charge >= 0.3 is 0 Å². The minimum absolute atomic E-state index is 0.0376. The van der Waals surface area contributed by atoms with Crippen molar-refractivity contribution in [3.63, 3.8) is 0 Å². The van der Waals surface area contributed by atoms with Crippen molar-refractivity contribution in [2.75, 3.05) is 17.2 Å². The van der Waals surface area contributed by atoms with Gasteiger partial charge in [-0.25, -0.2) is 0 Å². The number of aryl methyl sites for hydroxylation is 1. The number of anilines is 2. The van der Waals surface area contributed by atoms with Crippen LogP contribution in [0, 0.1) is 0 Å². The van der Waals surface area contributed by atoms with Gasteiger partial charge in [0.15, 0.2) is 0 Å². The quantitative estimate of drug-likeness (QED) is 0.581. The first-order valence-electron chi connectivity index (χ1n) is 10.2. The Bertz CT molecular complexity index is 923. The summed E-state index contributed by atoms with van der Waals surface area (Å²) in [6.07, 6.45) is 2.10. The average molecular weight is 409 g/mol. The van der Waals surface area contributed by atoms with Gasteiger partial charge in [0, 0.05) is 35.8 Å². The fourth-order valence-corrected chi connectivity index (χ4v) is 3.15. The van der Waals surface area contributed by atoms with E-state index in [4.69, 9.17) is 4.74 Å². The lowest BCUT2D eigenvalue weighted by Gasteiger charge is -2.17. The van der Waals surface area contributed by atoms with Crippen LogP contribution in [0.15, 0.2) is 42.5 Å². The molecule has 0 spiro atoms. The van der Waals surface area contributed by atoms with Gasteiger partial charge in [-0.2, -0.15) is 0 Å². The Balaban J connectivity index is 1.40. The van der Waals surface area contributed by atoms with Crippen LogP contribution in [0.4, 0.5) is 11.4 Å². The van der Waals surface area contributed by atoms with Gasteiger partial charge in [-0.3, -0.25) is 14.4 Å². The van der Waals surface area contributed by atoms with E-state index in [2.05, 4.69) is 16.0 Å². The molecule has 1 aliphatic heterocycles. The number of amides is 3. The van der Waals surface area contributed by atoms with Crippen molar-refractivity contribution >= 4 is 29.1 Å². The van der Waals surface area contributed by atoms with Gasteiger partial charge in [0.1, 0.15) is 5.75 Å². The Labute approximate surface area is 176 Å². The summed E-state index contributed by atoms with van der Waals surface area (Å²) in [5, 5.41) is 8.49. The van der Waals surface area contributed by atoms with Crippen molar-refractivity contribution in [2.45, 2.75) is 45.6 Å². The van der Waals surface area contributed by atoms with Crippen LogP contribution in [0.25, 0.3) is 0 Å². The summed E-state index contributed by atoms with van der Waals surface area (Å²) in [5.74, 6) is 0.534. The fourth-order valence-electron chi connectivity index (χ4n) is 3.15. The Morgan fingerprint density at radius 1 is 1.10 bits per heavy atom. The number of benzene rings is 2. The molecule has 2 aromatic rings. The molecule has 3 amide bonds. The molecule has 7 heteroatoms. The van der Waals surface area contributed by atoms with Gasteiger partial charge in [0.25, 0.3) is 5.91 Å². The first-order chi connectivity index (χ1) is 14.4. The minimum Gasteiger partial charge on any atom is -0.494 e. The zero-order chi connectivity index (χ0) is 21.5. The van der Waals surface area contributed by atoms with E-state index in [-0.39, 0.29) is 23.8 Å². The van der Waals surface area contributed by atoms with E-state index in [9.17, 15) is 14.4 Å². The van der Waals surface area contributed by atoms with Gasteiger partial charge in [-0.15, -0.1) is 0 Å². The number of hydrogen-bond acceptors (Lipinski definition) is 4. The summed E-state index contributed by atoms with van der Waals surface area (Å²) < 4.78 is 5.74. The Morgan fingerprint density at radius 3 is 2.60 bits per heavy atom. The van der Waals surface area contributed by atoms with Gasteiger partial charge in [-0.1, -0.05) is 0 Å². The van der Waals surface area contributed by atoms with Crippen molar-refractivity contribution in [1.82, 2.24) is 5.32 Å².